The lowest BCUT2D eigenvalue weighted by molar-refractivity contribution is -0.150. The highest BCUT2D eigenvalue weighted by atomic mass is 35.6. The lowest BCUT2D eigenvalue weighted by Gasteiger charge is -2.31. The van der Waals surface area contributed by atoms with E-state index in [-0.39, 0.29) is 31.6 Å². The molecular formula is C27H44Cl3N3O8. The Kier molecular flexibility index (Phi) is 16.7. The number of ether oxygens (including phenoxy) is 3. The molecule has 0 aromatic rings. The molecule has 1 fully saturated rings. The standard InChI is InChI=1S/C27H44Cl3N3O8/c28-27(29,30)18-40-22(35)14-12-10-8-6-4-2-1-3-5-7-9-11-13-21(34)39-17-19-23(36)24(37)25(41-19)33-16-15-20(31)32-26(33)38/h15-16,19-20,23-25,36-37H,1-14,17-18,31H2,(H,32,38)/t19?,20?,23?,24-,25?/m1/s1. The van der Waals surface area contributed by atoms with Gasteiger partial charge in [0.2, 0.25) is 3.79 Å². The summed E-state index contributed by atoms with van der Waals surface area (Å²) < 4.78 is 14.2. The molecule has 2 aliphatic heterocycles. The number of rotatable bonds is 19. The molecule has 0 bridgehead atoms. The average molecular weight is 645 g/mol. The van der Waals surface area contributed by atoms with Gasteiger partial charge in [-0.25, -0.2) is 4.79 Å². The summed E-state index contributed by atoms with van der Waals surface area (Å²) in [4.78, 5) is 36.8. The average Bonchev–Trinajstić information content (AvgIpc) is 3.19. The fraction of sp³-hybridized carbons (Fsp3) is 0.815. The summed E-state index contributed by atoms with van der Waals surface area (Å²) in [5.41, 5.74) is 5.61. The van der Waals surface area contributed by atoms with Crippen molar-refractivity contribution in [3.63, 3.8) is 0 Å². The molecule has 1 saturated heterocycles. The van der Waals surface area contributed by atoms with Crippen LogP contribution in [0.1, 0.15) is 89.9 Å². The van der Waals surface area contributed by atoms with Crippen LogP contribution >= 0.6 is 34.8 Å². The Morgan fingerprint density at radius 1 is 0.878 bits per heavy atom. The van der Waals surface area contributed by atoms with Gasteiger partial charge < -0.3 is 35.5 Å². The number of unbranched alkanes of at least 4 members (excludes halogenated alkanes) is 11. The minimum Gasteiger partial charge on any atom is -0.463 e. The topological polar surface area (TPSA) is 161 Å². The Bertz CT molecular complexity index is 845. The quantitative estimate of drug-likeness (QED) is 0.0919. The molecule has 0 aromatic carbocycles. The maximum Gasteiger partial charge on any atom is 0.325 e. The highest BCUT2D eigenvalue weighted by Crippen LogP contribution is 2.27. The van der Waals surface area contributed by atoms with Gasteiger partial charge in [0.15, 0.2) is 6.23 Å². The summed E-state index contributed by atoms with van der Waals surface area (Å²) in [6.07, 6.45) is 10.7. The van der Waals surface area contributed by atoms with Crippen LogP contribution in [0.2, 0.25) is 0 Å². The van der Waals surface area contributed by atoms with E-state index in [1.165, 1.54) is 31.5 Å². The Morgan fingerprint density at radius 2 is 1.37 bits per heavy atom. The summed E-state index contributed by atoms with van der Waals surface area (Å²) in [7, 11) is 0. The minimum absolute atomic E-state index is 0.211. The fourth-order valence-corrected chi connectivity index (χ4v) is 4.77. The van der Waals surface area contributed by atoms with Gasteiger partial charge in [0.05, 0.1) is 6.17 Å². The maximum atomic E-state index is 12.1. The lowest BCUT2D eigenvalue weighted by Crippen LogP contribution is -2.55. The lowest BCUT2D eigenvalue weighted by atomic mass is 10.0. The van der Waals surface area contributed by atoms with Crippen molar-refractivity contribution >= 4 is 52.8 Å². The van der Waals surface area contributed by atoms with Crippen LogP contribution in [0.25, 0.3) is 0 Å². The number of amides is 2. The first-order valence-corrected chi connectivity index (χ1v) is 15.5. The Balaban J connectivity index is 1.40. The highest BCUT2D eigenvalue weighted by Gasteiger charge is 2.47. The molecular weight excluding hydrogens is 601 g/mol. The zero-order valence-corrected chi connectivity index (χ0v) is 25.6. The Morgan fingerprint density at radius 3 is 1.85 bits per heavy atom. The molecule has 4 unspecified atom stereocenters. The molecule has 11 nitrogen and oxygen atoms in total. The van der Waals surface area contributed by atoms with Gasteiger partial charge in [-0.05, 0) is 18.9 Å². The number of nitrogens with zero attached hydrogens (tertiary/aromatic N) is 1. The number of carbonyl (C=O) groups is 3. The third-order valence-electron chi connectivity index (χ3n) is 6.91. The SMILES string of the molecule is NC1C=CN(C2OC(COC(=O)CCCCCCCCCCCCCCC(=O)OCC(Cl)(Cl)Cl)C(O)[C@H]2O)C(=O)N1. The molecule has 236 valence electrons. The van der Waals surface area contributed by atoms with Gasteiger partial charge in [-0.2, -0.15) is 0 Å². The first-order valence-electron chi connectivity index (χ1n) is 14.4. The van der Waals surface area contributed by atoms with Crippen LogP contribution in [0.5, 0.6) is 0 Å². The summed E-state index contributed by atoms with van der Waals surface area (Å²) in [5, 5.41) is 23.0. The van der Waals surface area contributed by atoms with Crippen molar-refractivity contribution in [2.45, 2.75) is 124 Å². The molecule has 2 heterocycles. The Hall–Kier alpha value is -1.34. The van der Waals surface area contributed by atoms with Gasteiger partial charge in [-0.1, -0.05) is 99.0 Å². The molecule has 5 atom stereocenters. The van der Waals surface area contributed by atoms with Crippen molar-refractivity contribution in [3.05, 3.63) is 12.3 Å². The van der Waals surface area contributed by atoms with Crippen LogP contribution in [0, 0.1) is 0 Å². The van der Waals surface area contributed by atoms with Crippen LogP contribution in [-0.2, 0) is 23.8 Å². The number of nitrogens with two attached hydrogens (primary N) is 1. The maximum absolute atomic E-state index is 12.1. The van der Waals surface area contributed by atoms with E-state index < -0.39 is 40.5 Å². The third-order valence-corrected chi connectivity index (χ3v) is 7.23. The first kappa shape index (κ1) is 35.9. The predicted octanol–water partition coefficient (Wildman–Crippen LogP) is 4.17. The summed E-state index contributed by atoms with van der Waals surface area (Å²) in [5.74, 6) is -0.726. The van der Waals surface area contributed by atoms with E-state index in [0.29, 0.717) is 6.42 Å². The molecule has 2 rings (SSSR count). The largest absolute Gasteiger partial charge is 0.463 e. The molecule has 14 heteroatoms. The summed E-state index contributed by atoms with van der Waals surface area (Å²) in [6, 6.07) is -0.557. The van der Waals surface area contributed by atoms with E-state index >= 15 is 0 Å². The molecule has 2 aliphatic rings. The van der Waals surface area contributed by atoms with Crippen molar-refractivity contribution in [2.24, 2.45) is 5.73 Å². The number of aliphatic hydroxyl groups is 2. The number of carbonyl (C=O) groups excluding carboxylic acids is 3. The zero-order chi connectivity index (χ0) is 30.3. The number of nitrogens with one attached hydrogen (secondary N) is 1. The first-order chi connectivity index (χ1) is 19.5. The molecule has 5 N–H and O–H groups in total. The smallest absolute Gasteiger partial charge is 0.325 e. The number of urea groups is 1. The van der Waals surface area contributed by atoms with Gasteiger partial charge in [0, 0.05) is 19.0 Å². The molecule has 0 aromatic heterocycles. The van der Waals surface area contributed by atoms with E-state index in [4.69, 9.17) is 54.7 Å². The summed E-state index contributed by atoms with van der Waals surface area (Å²) in [6.45, 7) is -0.437. The molecule has 41 heavy (non-hydrogen) atoms. The van der Waals surface area contributed by atoms with Crippen LogP contribution in [0.3, 0.4) is 0 Å². The molecule has 0 aliphatic carbocycles. The minimum atomic E-state index is -1.57. The normalized spacial score (nSPS) is 24.4. The van der Waals surface area contributed by atoms with E-state index in [1.54, 1.807) is 0 Å². The van der Waals surface area contributed by atoms with Crippen LogP contribution in [-0.4, -0.2) is 80.8 Å². The van der Waals surface area contributed by atoms with Gasteiger partial charge in [-0.15, -0.1) is 0 Å². The van der Waals surface area contributed by atoms with Gasteiger partial charge in [-0.3, -0.25) is 14.5 Å². The van der Waals surface area contributed by atoms with Crippen LogP contribution < -0.4 is 11.1 Å². The third kappa shape index (κ3) is 14.6. The monoisotopic (exact) mass is 643 g/mol. The van der Waals surface area contributed by atoms with Crippen molar-refractivity contribution in [2.75, 3.05) is 13.2 Å². The fourth-order valence-electron chi connectivity index (χ4n) is 4.60. The van der Waals surface area contributed by atoms with Crippen LogP contribution in [0.15, 0.2) is 12.3 Å². The van der Waals surface area contributed by atoms with E-state index in [1.807, 2.05) is 0 Å². The van der Waals surface area contributed by atoms with Gasteiger partial charge in [0.1, 0.15) is 31.5 Å². The molecule has 2 amide bonds. The van der Waals surface area contributed by atoms with E-state index in [9.17, 15) is 24.6 Å². The number of esters is 2. The van der Waals surface area contributed by atoms with Gasteiger partial charge in [0.25, 0.3) is 0 Å². The number of hydrogen-bond acceptors (Lipinski definition) is 9. The van der Waals surface area contributed by atoms with Crippen LogP contribution in [0.4, 0.5) is 4.79 Å². The van der Waals surface area contributed by atoms with E-state index in [0.717, 1.165) is 62.7 Å². The summed E-state index contributed by atoms with van der Waals surface area (Å²) >= 11 is 16.6. The van der Waals surface area contributed by atoms with E-state index in [2.05, 4.69) is 5.32 Å². The van der Waals surface area contributed by atoms with Crippen molar-refractivity contribution in [3.8, 4) is 0 Å². The van der Waals surface area contributed by atoms with Crippen molar-refractivity contribution in [1.29, 1.82) is 0 Å². The van der Waals surface area contributed by atoms with Crippen molar-refractivity contribution in [1.82, 2.24) is 10.2 Å². The number of hydrogen-bond donors (Lipinski definition) is 4. The number of halogens is 3. The zero-order valence-electron chi connectivity index (χ0n) is 23.4. The predicted molar refractivity (Wildman–Crippen MR) is 155 cm³/mol. The van der Waals surface area contributed by atoms with Gasteiger partial charge >= 0.3 is 18.0 Å². The second-order valence-corrected chi connectivity index (χ2v) is 13.0. The molecule has 0 saturated carbocycles. The molecule has 0 spiro atoms. The Labute approximate surface area is 256 Å². The second kappa shape index (κ2) is 19.0. The number of alkyl halides is 3. The molecule has 0 radical (unpaired) electrons. The van der Waals surface area contributed by atoms with Crippen molar-refractivity contribution < 1.29 is 38.8 Å². The second-order valence-electron chi connectivity index (χ2n) is 10.5. The highest BCUT2D eigenvalue weighted by molar-refractivity contribution is 6.67. The number of aliphatic hydroxyl groups excluding tert-OH is 2.